The molecule has 0 atom stereocenters. The van der Waals surface area contributed by atoms with Crippen molar-refractivity contribution in [2.24, 2.45) is 0 Å². The largest absolute Gasteiger partial charge is 0.493 e. The lowest BCUT2D eigenvalue weighted by Crippen LogP contribution is -2.34. The minimum atomic E-state index is -0.584. The molecule has 0 heterocycles. The van der Waals surface area contributed by atoms with Crippen LogP contribution in [0.3, 0.4) is 0 Å². The van der Waals surface area contributed by atoms with Crippen molar-refractivity contribution in [3.63, 3.8) is 0 Å². The fourth-order valence-corrected chi connectivity index (χ4v) is 1.62. The molecule has 0 aliphatic rings. The highest BCUT2D eigenvalue weighted by atomic mass is 16.6. The topological polar surface area (TPSA) is 74.3 Å². The molecule has 0 fully saturated rings. The van der Waals surface area contributed by atoms with Crippen molar-refractivity contribution in [1.82, 2.24) is 0 Å². The number of nitrogens with zero attached hydrogens (tertiary/aromatic N) is 1. The number of ether oxygens (including phenoxy) is 4. The normalized spacial score (nSPS) is 10.7. The fraction of sp³-hybridized carbons (Fsp3) is 0.500. The number of esters is 1. The third-order valence-electron chi connectivity index (χ3n) is 2.78. The summed E-state index contributed by atoms with van der Waals surface area (Å²) in [5.41, 5.74) is -0.0135. The summed E-state index contributed by atoms with van der Waals surface area (Å²) in [6.07, 6.45) is -0.484. The molecule has 0 spiro atoms. The number of rotatable bonds is 5. The van der Waals surface area contributed by atoms with Crippen molar-refractivity contribution in [2.75, 3.05) is 32.8 Å². The van der Waals surface area contributed by atoms with Gasteiger partial charge in [0.05, 0.1) is 19.9 Å². The van der Waals surface area contributed by atoms with Crippen molar-refractivity contribution in [1.29, 1.82) is 0 Å². The number of amides is 1. The van der Waals surface area contributed by atoms with Gasteiger partial charge in [0.25, 0.3) is 0 Å². The summed E-state index contributed by atoms with van der Waals surface area (Å²) >= 11 is 0. The molecule has 0 saturated carbocycles. The summed E-state index contributed by atoms with van der Waals surface area (Å²) in [5, 5.41) is 0. The molecule has 0 aromatic heterocycles. The first-order chi connectivity index (χ1) is 10.7. The van der Waals surface area contributed by atoms with Crippen LogP contribution in [-0.4, -0.2) is 45.5 Å². The van der Waals surface area contributed by atoms with E-state index in [1.807, 2.05) is 0 Å². The Labute approximate surface area is 136 Å². The highest BCUT2D eigenvalue weighted by Gasteiger charge is 2.21. The maximum atomic E-state index is 12.1. The Bertz CT molecular complexity index is 564. The highest BCUT2D eigenvalue weighted by Crippen LogP contribution is 2.32. The highest BCUT2D eigenvalue weighted by molar-refractivity contribution is 5.87. The monoisotopic (exact) mass is 325 g/mol. The predicted molar refractivity (Wildman–Crippen MR) is 85.1 cm³/mol. The lowest BCUT2D eigenvalue weighted by atomic mass is 10.2. The first-order valence-corrected chi connectivity index (χ1v) is 7.02. The number of anilines is 1. The molecule has 128 valence electrons. The molecule has 0 unspecified atom stereocenters. The molecule has 0 radical (unpaired) electrons. The number of hydrogen-bond donors (Lipinski definition) is 0. The molecule has 7 heteroatoms. The van der Waals surface area contributed by atoms with Crippen LogP contribution in [0.5, 0.6) is 11.5 Å². The first-order valence-electron chi connectivity index (χ1n) is 7.02. The van der Waals surface area contributed by atoms with Crippen LogP contribution in [0.2, 0.25) is 0 Å². The molecule has 1 amide bonds. The number of methoxy groups -OCH3 is 2. The van der Waals surface area contributed by atoms with Gasteiger partial charge in [-0.3, -0.25) is 4.90 Å². The molecular formula is C16H23NO6. The lowest BCUT2D eigenvalue weighted by molar-refractivity contribution is -0.142. The van der Waals surface area contributed by atoms with E-state index < -0.39 is 17.7 Å². The lowest BCUT2D eigenvalue weighted by Gasteiger charge is -2.25. The van der Waals surface area contributed by atoms with E-state index in [2.05, 4.69) is 4.74 Å². The van der Waals surface area contributed by atoms with Crippen molar-refractivity contribution < 1.29 is 28.5 Å². The number of hydrogen-bond acceptors (Lipinski definition) is 6. The third-order valence-corrected chi connectivity index (χ3v) is 2.78. The van der Waals surface area contributed by atoms with Crippen LogP contribution in [0.1, 0.15) is 20.8 Å². The zero-order valence-electron chi connectivity index (χ0n) is 14.3. The molecule has 0 aliphatic carbocycles. The van der Waals surface area contributed by atoms with Crippen LogP contribution < -0.4 is 14.4 Å². The predicted octanol–water partition coefficient (Wildman–Crippen LogP) is 2.62. The minimum Gasteiger partial charge on any atom is -0.493 e. The van der Waals surface area contributed by atoms with Crippen LogP contribution >= 0.6 is 0 Å². The van der Waals surface area contributed by atoms with E-state index in [-0.39, 0.29) is 6.61 Å². The van der Waals surface area contributed by atoms with E-state index >= 15 is 0 Å². The van der Waals surface area contributed by atoms with E-state index in [0.717, 1.165) is 0 Å². The summed E-state index contributed by atoms with van der Waals surface area (Å²) in [6, 6.07) is 4.90. The molecule has 1 aromatic carbocycles. The van der Waals surface area contributed by atoms with Gasteiger partial charge in [0.2, 0.25) is 0 Å². The zero-order chi connectivity index (χ0) is 17.6. The summed E-state index contributed by atoms with van der Waals surface area (Å²) < 4.78 is 20.4. The smallest absolute Gasteiger partial charge is 0.414 e. The molecule has 1 rings (SSSR count). The molecule has 1 aromatic rings. The van der Waals surface area contributed by atoms with Crippen molar-refractivity contribution in [3.05, 3.63) is 18.2 Å². The average Bonchev–Trinajstić information content (AvgIpc) is 2.49. The minimum absolute atomic E-state index is 0.228. The van der Waals surface area contributed by atoms with Gasteiger partial charge in [-0.05, 0) is 32.9 Å². The molecule has 0 bridgehead atoms. The van der Waals surface area contributed by atoms with Gasteiger partial charge in [-0.1, -0.05) is 0 Å². The van der Waals surface area contributed by atoms with Crippen LogP contribution in [0.4, 0.5) is 10.5 Å². The van der Waals surface area contributed by atoms with Gasteiger partial charge in [-0.2, -0.15) is 0 Å². The molecule has 0 N–H and O–H groups in total. The summed E-state index contributed by atoms with van der Waals surface area (Å²) in [6.45, 7) is 5.16. The Kier molecular flexibility index (Phi) is 6.24. The van der Waals surface area contributed by atoms with E-state index in [1.165, 1.54) is 19.1 Å². The van der Waals surface area contributed by atoms with Gasteiger partial charge in [-0.15, -0.1) is 0 Å². The fourth-order valence-electron chi connectivity index (χ4n) is 1.62. The van der Waals surface area contributed by atoms with E-state index in [1.54, 1.807) is 46.0 Å². The van der Waals surface area contributed by atoms with Gasteiger partial charge in [0, 0.05) is 13.1 Å². The van der Waals surface area contributed by atoms with Crippen LogP contribution in [-0.2, 0) is 14.3 Å². The standard InChI is InChI=1S/C16H23NO6/c1-16(2,3)23-15(19)17(4)11-7-8-12(13(9-11)20-5)22-10-14(18)21-6/h7-9H,10H2,1-6H3. The van der Waals surface area contributed by atoms with Crippen molar-refractivity contribution >= 4 is 17.7 Å². The number of carbonyl (C=O) groups excluding carboxylic acids is 2. The number of carbonyl (C=O) groups is 2. The van der Waals surface area contributed by atoms with Gasteiger partial charge in [0.1, 0.15) is 5.60 Å². The number of benzene rings is 1. The van der Waals surface area contributed by atoms with Crippen molar-refractivity contribution in [3.8, 4) is 11.5 Å². The Morgan fingerprint density at radius 1 is 1.13 bits per heavy atom. The average molecular weight is 325 g/mol. The van der Waals surface area contributed by atoms with Crippen LogP contribution in [0.25, 0.3) is 0 Å². The Balaban J connectivity index is 2.89. The zero-order valence-corrected chi connectivity index (χ0v) is 14.3. The van der Waals surface area contributed by atoms with Crippen LogP contribution in [0.15, 0.2) is 18.2 Å². The Hall–Kier alpha value is -2.44. The first kappa shape index (κ1) is 18.6. The van der Waals surface area contributed by atoms with Crippen LogP contribution in [0, 0.1) is 0 Å². The quantitative estimate of drug-likeness (QED) is 0.775. The van der Waals surface area contributed by atoms with E-state index in [4.69, 9.17) is 14.2 Å². The summed E-state index contributed by atoms with van der Waals surface area (Å²) in [4.78, 5) is 24.6. The van der Waals surface area contributed by atoms with E-state index in [9.17, 15) is 9.59 Å². The second-order valence-electron chi connectivity index (χ2n) is 5.74. The maximum Gasteiger partial charge on any atom is 0.414 e. The second kappa shape index (κ2) is 7.71. The van der Waals surface area contributed by atoms with Gasteiger partial charge >= 0.3 is 12.1 Å². The molecular weight excluding hydrogens is 302 g/mol. The Morgan fingerprint density at radius 3 is 2.30 bits per heavy atom. The van der Waals surface area contributed by atoms with Gasteiger partial charge in [0.15, 0.2) is 18.1 Å². The second-order valence-corrected chi connectivity index (χ2v) is 5.74. The molecule has 0 aliphatic heterocycles. The Morgan fingerprint density at radius 2 is 1.78 bits per heavy atom. The molecule has 7 nitrogen and oxygen atoms in total. The summed E-state index contributed by atoms with van der Waals surface area (Å²) in [7, 11) is 4.34. The SMILES string of the molecule is COC(=O)COc1ccc(N(C)C(=O)OC(C)(C)C)cc1OC. The molecule has 23 heavy (non-hydrogen) atoms. The van der Waals surface area contributed by atoms with Crippen molar-refractivity contribution in [2.45, 2.75) is 26.4 Å². The van der Waals surface area contributed by atoms with E-state index in [0.29, 0.717) is 17.2 Å². The van der Waals surface area contributed by atoms with Gasteiger partial charge < -0.3 is 18.9 Å². The molecule has 0 saturated heterocycles. The maximum absolute atomic E-state index is 12.1. The van der Waals surface area contributed by atoms with Gasteiger partial charge in [-0.25, -0.2) is 9.59 Å². The third kappa shape index (κ3) is 5.69. The summed E-state index contributed by atoms with van der Waals surface area (Å²) in [5.74, 6) is 0.267.